The molecular formula is C18H23N5O3. The van der Waals surface area contributed by atoms with E-state index in [1.165, 1.54) is 0 Å². The zero-order chi connectivity index (χ0) is 18.7. The van der Waals surface area contributed by atoms with Gasteiger partial charge in [-0.25, -0.2) is 0 Å². The second-order valence-corrected chi connectivity index (χ2v) is 6.65. The monoisotopic (exact) mass is 357 g/mol. The summed E-state index contributed by atoms with van der Waals surface area (Å²) in [6.07, 6.45) is 2.06. The number of piperidine rings is 1. The van der Waals surface area contributed by atoms with E-state index in [1.807, 2.05) is 12.1 Å². The van der Waals surface area contributed by atoms with Crippen LogP contribution in [0, 0.1) is 24.0 Å². The molecule has 2 N–H and O–H groups in total. The van der Waals surface area contributed by atoms with E-state index < -0.39 is 4.92 Å². The molecule has 8 heteroatoms. The van der Waals surface area contributed by atoms with Crippen molar-refractivity contribution in [2.75, 3.05) is 13.1 Å². The highest BCUT2D eigenvalue weighted by atomic mass is 16.6. The molecule has 0 radical (unpaired) electrons. The van der Waals surface area contributed by atoms with Gasteiger partial charge in [-0.1, -0.05) is 12.1 Å². The molecule has 138 valence electrons. The van der Waals surface area contributed by atoms with Crippen molar-refractivity contribution in [3.05, 3.63) is 56.9 Å². The van der Waals surface area contributed by atoms with Crippen molar-refractivity contribution < 1.29 is 9.72 Å². The molecule has 0 bridgehead atoms. The maximum absolute atomic E-state index is 12.3. The van der Waals surface area contributed by atoms with Gasteiger partial charge in [-0.3, -0.25) is 19.6 Å². The molecule has 1 aromatic carbocycles. The maximum atomic E-state index is 12.3. The highest BCUT2D eigenvalue weighted by Gasteiger charge is 2.22. The van der Waals surface area contributed by atoms with E-state index >= 15 is 0 Å². The first-order chi connectivity index (χ1) is 12.5. The van der Waals surface area contributed by atoms with Gasteiger partial charge in [0.1, 0.15) is 11.4 Å². The van der Waals surface area contributed by atoms with Gasteiger partial charge in [0.15, 0.2) is 0 Å². The number of aryl methyl sites for hydroxylation is 1. The Labute approximate surface area is 151 Å². The Morgan fingerprint density at radius 3 is 2.69 bits per heavy atom. The summed E-state index contributed by atoms with van der Waals surface area (Å²) in [7, 11) is 0. The number of carbonyl (C=O) groups excluding carboxylic acids is 1. The summed E-state index contributed by atoms with van der Waals surface area (Å²) in [5.74, 6) is -0.0768. The second kappa shape index (κ2) is 7.65. The summed E-state index contributed by atoms with van der Waals surface area (Å²) in [4.78, 5) is 23.0. The molecule has 2 aromatic rings. The number of benzene rings is 1. The molecule has 1 saturated heterocycles. The van der Waals surface area contributed by atoms with Crippen LogP contribution in [0.4, 0.5) is 5.69 Å². The molecule has 0 unspecified atom stereocenters. The molecule has 2 heterocycles. The van der Waals surface area contributed by atoms with Gasteiger partial charge in [-0.15, -0.1) is 0 Å². The summed E-state index contributed by atoms with van der Waals surface area (Å²) < 4.78 is 1.62. The van der Waals surface area contributed by atoms with Crippen LogP contribution >= 0.6 is 0 Å². The quantitative estimate of drug-likeness (QED) is 0.629. The number of rotatable bonds is 5. The number of hydrogen-bond acceptors (Lipinski definition) is 5. The second-order valence-electron chi connectivity index (χ2n) is 6.65. The van der Waals surface area contributed by atoms with Crippen LogP contribution in [0.5, 0.6) is 0 Å². The Hall–Kier alpha value is -2.74. The van der Waals surface area contributed by atoms with E-state index in [0.717, 1.165) is 31.5 Å². The van der Waals surface area contributed by atoms with E-state index in [0.29, 0.717) is 23.5 Å². The predicted octanol–water partition coefficient (Wildman–Crippen LogP) is 1.94. The minimum absolute atomic E-state index is 0.0575. The number of nitrogens with one attached hydrogen (secondary N) is 2. The molecule has 3 rings (SSSR count). The number of carbonyl (C=O) groups is 1. The molecule has 1 atom stereocenters. The van der Waals surface area contributed by atoms with Crippen LogP contribution in [0.1, 0.15) is 40.2 Å². The summed E-state index contributed by atoms with van der Waals surface area (Å²) in [6.45, 7) is 5.56. The molecule has 0 saturated carbocycles. The van der Waals surface area contributed by atoms with E-state index in [-0.39, 0.29) is 17.6 Å². The third kappa shape index (κ3) is 3.91. The number of amides is 1. The van der Waals surface area contributed by atoms with Crippen LogP contribution < -0.4 is 10.6 Å². The Bertz CT molecular complexity index is 807. The number of nitrogens with zero attached hydrogens (tertiary/aromatic N) is 3. The van der Waals surface area contributed by atoms with Gasteiger partial charge >= 0.3 is 5.69 Å². The van der Waals surface area contributed by atoms with Crippen molar-refractivity contribution in [2.45, 2.75) is 39.3 Å². The topological polar surface area (TPSA) is 102 Å². The third-order valence-corrected chi connectivity index (χ3v) is 4.71. The Kier molecular flexibility index (Phi) is 5.32. The van der Waals surface area contributed by atoms with Crippen LogP contribution in [-0.2, 0) is 6.54 Å². The number of aromatic nitrogens is 2. The van der Waals surface area contributed by atoms with Crippen molar-refractivity contribution in [1.29, 1.82) is 0 Å². The first-order valence-corrected chi connectivity index (χ1v) is 8.74. The van der Waals surface area contributed by atoms with Gasteiger partial charge in [0.05, 0.1) is 11.5 Å². The summed E-state index contributed by atoms with van der Waals surface area (Å²) >= 11 is 0. The lowest BCUT2D eigenvalue weighted by molar-refractivity contribution is -0.386. The van der Waals surface area contributed by atoms with Crippen LogP contribution in [0.15, 0.2) is 24.3 Å². The lowest BCUT2D eigenvalue weighted by Gasteiger charge is -2.23. The van der Waals surface area contributed by atoms with Crippen molar-refractivity contribution >= 4 is 11.6 Å². The van der Waals surface area contributed by atoms with Crippen LogP contribution in [0.25, 0.3) is 0 Å². The highest BCUT2D eigenvalue weighted by Crippen LogP contribution is 2.22. The van der Waals surface area contributed by atoms with E-state index in [9.17, 15) is 14.9 Å². The van der Waals surface area contributed by atoms with Crippen molar-refractivity contribution in [3.63, 3.8) is 0 Å². The first-order valence-electron chi connectivity index (χ1n) is 8.74. The van der Waals surface area contributed by atoms with E-state index in [2.05, 4.69) is 15.7 Å². The molecule has 1 amide bonds. The third-order valence-electron chi connectivity index (χ3n) is 4.71. The van der Waals surface area contributed by atoms with Gasteiger partial charge < -0.3 is 10.6 Å². The standard InChI is InChI=1S/C18H23N5O3/c1-12-17(23(25)26)13(2)22(21-12)11-14-5-7-15(8-6-14)18(24)20-16-4-3-9-19-10-16/h5-8,16,19H,3-4,9-11H2,1-2H3,(H,20,24)/t16-/m0/s1. The molecule has 1 fully saturated rings. The van der Waals surface area contributed by atoms with E-state index in [1.54, 1.807) is 30.7 Å². The van der Waals surface area contributed by atoms with Crippen LogP contribution in [0.3, 0.4) is 0 Å². The molecule has 8 nitrogen and oxygen atoms in total. The van der Waals surface area contributed by atoms with Gasteiger partial charge in [0.25, 0.3) is 5.91 Å². The summed E-state index contributed by atoms with van der Waals surface area (Å²) in [5.41, 5.74) is 2.53. The molecule has 1 aromatic heterocycles. The minimum Gasteiger partial charge on any atom is -0.348 e. The molecule has 1 aliphatic heterocycles. The van der Waals surface area contributed by atoms with Crippen LogP contribution in [-0.4, -0.2) is 39.7 Å². The molecule has 1 aliphatic rings. The average Bonchev–Trinajstić information content (AvgIpc) is 2.90. The van der Waals surface area contributed by atoms with Gasteiger partial charge in [0.2, 0.25) is 0 Å². The fourth-order valence-corrected chi connectivity index (χ4v) is 3.28. The zero-order valence-electron chi connectivity index (χ0n) is 15.0. The Balaban J connectivity index is 1.67. The first kappa shape index (κ1) is 18.1. The lowest BCUT2D eigenvalue weighted by Crippen LogP contribution is -2.45. The molecule has 0 aliphatic carbocycles. The summed E-state index contributed by atoms with van der Waals surface area (Å²) in [6, 6.07) is 7.44. The van der Waals surface area contributed by atoms with Crippen molar-refractivity contribution in [1.82, 2.24) is 20.4 Å². The van der Waals surface area contributed by atoms with Gasteiger partial charge in [-0.05, 0) is 50.9 Å². The maximum Gasteiger partial charge on any atom is 0.312 e. The van der Waals surface area contributed by atoms with Crippen molar-refractivity contribution in [2.24, 2.45) is 0 Å². The fourth-order valence-electron chi connectivity index (χ4n) is 3.28. The summed E-state index contributed by atoms with van der Waals surface area (Å²) in [5, 5.41) is 21.7. The Morgan fingerprint density at radius 1 is 1.38 bits per heavy atom. The molecular weight excluding hydrogens is 334 g/mol. The Morgan fingerprint density at radius 2 is 2.12 bits per heavy atom. The van der Waals surface area contributed by atoms with E-state index in [4.69, 9.17) is 0 Å². The predicted molar refractivity (Wildman–Crippen MR) is 97.3 cm³/mol. The fraction of sp³-hybridized carbons (Fsp3) is 0.444. The van der Waals surface area contributed by atoms with Gasteiger partial charge in [0, 0.05) is 18.2 Å². The van der Waals surface area contributed by atoms with Crippen LogP contribution in [0.2, 0.25) is 0 Å². The van der Waals surface area contributed by atoms with Gasteiger partial charge in [-0.2, -0.15) is 5.10 Å². The molecule has 26 heavy (non-hydrogen) atoms. The number of nitro groups is 1. The normalized spacial score (nSPS) is 17.1. The zero-order valence-corrected chi connectivity index (χ0v) is 15.0. The SMILES string of the molecule is Cc1nn(Cc2ccc(C(=O)N[C@H]3CCCNC3)cc2)c(C)c1[N+](=O)[O-]. The average molecular weight is 357 g/mol. The smallest absolute Gasteiger partial charge is 0.312 e. The minimum atomic E-state index is -0.401. The highest BCUT2D eigenvalue weighted by molar-refractivity contribution is 5.94. The van der Waals surface area contributed by atoms with Crippen molar-refractivity contribution in [3.8, 4) is 0 Å². The largest absolute Gasteiger partial charge is 0.348 e. The molecule has 0 spiro atoms. The number of hydrogen-bond donors (Lipinski definition) is 2. The lowest BCUT2D eigenvalue weighted by atomic mass is 10.1.